The van der Waals surface area contributed by atoms with E-state index in [1.165, 1.54) is 12.1 Å². The molecule has 3 N–H and O–H groups in total. The molecule has 0 saturated heterocycles. The molecule has 0 radical (unpaired) electrons. The van der Waals surface area contributed by atoms with Crippen molar-refractivity contribution in [3.05, 3.63) is 41.5 Å². The molecule has 2 aromatic rings. The largest absolute Gasteiger partial charge is 0.369 e. The topological polar surface area (TPSA) is 90.0 Å². The van der Waals surface area contributed by atoms with Gasteiger partial charge >= 0.3 is 0 Å². The van der Waals surface area contributed by atoms with E-state index in [0.29, 0.717) is 24.4 Å². The zero-order valence-electron chi connectivity index (χ0n) is 15.1. The van der Waals surface area contributed by atoms with Crippen LogP contribution in [0.15, 0.2) is 24.3 Å². The number of carbonyl (C=O) groups is 2. The van der Waals surface area contributed by atoms with Gasteiger partial charge in [0.2, 0.25) is 5.91 Å². The summed E-state index contributed by atoms with van der Waals surface area (Å²) in [5.41, 5.74) is 7.48. The van der Waals surface area contributed by atoms with Gasteiger partial charge in [-0.2, -0.15) is 0 Å². The summed E-state index contributed by atoms with van der Waals surface area (Å²) >= 11 is 0. The van der Waals surface area contributed by atoms with Crippen LogP contribution in [0.25, 0.3) is 11.4 Å². The van der Waals surface area contributed by atoms with Crippen molar-refractivity contribution >= 4 is 11.8 Å². The van der Waals surface area contributed by atoms with Gasteiger partial charge in [-0.15, -0.1) is 0 Å². The lowest BCUT2D eigenvalue weighted by molar-refractivity contribution is -0.124. The van der Waals surface area contributed by atoms with Gasteiger partial charge < -0.3 is 15.6 Å². The molecule has 27 heavy (non-hydrogen) atoms. The van der Waals surface area contributed by atoms with Crippen LogP contribution in [0.1, 0.15) is 48.3 Å². The summed E-state index contributed by atoms with van der Waals surface area (Å²) in [5.74, 6) is -0.255. The van der Waals surface area contributed by atoms with E-state index < -0.39 is 0 Å². The highest BCUT2D eigenvalue weighted by atomic mass is 19.1. The lowest BCUT2D eigenvalue weighted by atomic mass is 9.80. The fourth-order valence-corrected chi connectivity index (χ4v) is 3.94. The molecule has 1 aliphatic heterocycles. The monoisotopic (exact) mass is 370 g/mol. The number of aromatic nitrogens is 2. The second-order valence-electron chi connectivity index (χ2n) is 7.44. The number of nitrogens with one attached hydrogen (secondary N) is 1. The van der Waals surface area contributed by atoms with E-state index in [2.05, 4.69) is 14.9 Å². The van der Waals surface area contributed by atoms with E-state index in [9.17, 15) is 14.0 Å². The molecule has 1 fully saturated rings. The van der Waals surface area contributed by atoms with Gasteiger partial charge in [-0.25, -0.2) is 9.37 Å². The summed E-state index contributed by atoms with van der Waals surface area (Å²) in [4.78, 5) is 28.6. The molecule has 7 heteroatoms. The highest BCUT2D eigenvalue weighted by Gasteiger charge is 2.35. The Labute approximate surface area is 157 Å². The molecule has 0 spiro atoms. The fourth-order valence-electron chi connectivity index (χ4n) is 3.94. The minimum absolute atomic E-state index is 0.0348. The van der Waals surface area contributed by atoms with Crippen molar-refractivity contribution in [2.75, 3.05) is 0 Å². The Morgan fingerprint density at radius 3 is 2.59 bits per heavy atom. The number of fused-ring (bicyclic) bond motifs is 1. The smallest absolute Gasteiger partial charge is 0.272 e. The minimum atomic E-state index is -0.310. The summed E-state index contributed by atoms with van der Waals surface area (Å²) in [6.45, 7) is 0.801. The first-order valence-corrected chi connectivity index (χ1v) is 9.48. The molecule has 0 bridgehead atoms. The average molecular weight is 370 g/mol. The standard InChI is InChI=1S/C20H23FN4O2/c21-14-7-5-12(6-8-14)19-24-17(16-4-2-1-3-9-25(16)19)20(27)23-15-10-13(11-15)18(22)26/h5-8,13,15H,1-4,9-11H2,(H2,22,26)(H,23,27). The zero-order valence-corrected chi connectivity index (χ0v) is 15.1. The molecule has 0 atom stereocenters. The molecule has 1 saturated carbocycles. The van der Waals surface area contributed by atoms with E-state index in [1.807, 2.05) is 0 Å². The third-order valence-corrected chi connectivity index (χ3v) is 5.56. The Bertz CT molecular complexity index is 869. The Balaban J connectivity index is 1.61. The van der Waals surface area contributed by atoms with Crippen LogP contribution in [-0.4, -0.2) is 27.4 Å². The quantitative estimate of drug-likeness (QED) is 0.866. The lowest BCUT2D eigenvalue weighted by Crippen LogP contribution is -2.48. The average Bonchev–Trinajstić information content (AvgIpc) is 2.80. The molecule has 2 heterocycles. The molecule has 4 rings (SSSR count). The molecular weight excluding hydrogens is 347 g/mol. The number of nitrogens with zero attached hydrogens (tertiary/aromatic N) is 2. The van der Waals surface area contributed by atoms with E-state index >= 15 is 0 Å². The first kappa shape index (κ1) is 17.7. The van der Waals surface area contributed by atoms with Gasteiger partial charge in [-0.1, -0.05) is 6.42 Å². The summed E-state index contributed by atoms with van der Waals surface area (Å²) < 4.78 is 15.4. The van der Waals surface area contributed by atoms with Gasteiger partial charge in [0.25, 0.3) is 5.91 Å². The molecule has 142 valence electrons. The maximum absolute atomic E-state index is 13.3. The number of halogens is 1. The van der Waals surface area contributed by atoms with Gasteiger partial charge in [0.15, 0.2) is 0 Å². The Hall–Kier alpha value is -2.70. The third kappa shape index (κ3) is 3.46. The highest BCUT2D eigenvalue weighted by molar-refractivity contribution is 5.94. The summed E-state index contributed by atoms with van der Waals surface area (Å²) in [5, 5.41) is 2.98. The van der Waals surface area contributed by atoms with Crippen molar-refractivity contribution in [3.8, 4) is 11.4 Å². The van der Waals surface area contributed by atoms with Gasteiger partial charge in [0.1, 0.15) is 17.3 Å². The number of hydrogen-bond acceptors (Lipinski definition) is 3. The second kappa shape index (κ2) is 7.13. The van der Waals surface area contributed by atoms with E-state index in [1.54, 1.807) is 12.1 Å². The van der Waals surface area contributed by atoms with E-state index in [0.717, 1.165) is 43.5 Å². The number of benzene rings is 1. The number of nitrogens with two attached hydrogens (primary N) is 1. The van der Waals surface area contributed by atoms with Crippen molar-refractivity contribution < 1.29 is 14.0 Å². The maximum atomic E-state index is 13.3. The number of imidazole rings is 1. The van der Waals surface area contributed by atoms with Crippen LogP contribution in [-0.2, 0) is 17.8 Å². The molecule has 2 amide bonds. The predicted molar refractivity (Wildman–Crippen MR) is 98.3 cm³/mol. The lowest BCUT2D eigenvalue weighted by Gasteiger charge is -2.33. The van der Waals surface area contributed by atoms with Crippen LogP contribution >= 0.6 is 0 Å². The van der Waals surface area contributed by atoms with Crippen LogP contribution < -0.4 is 11.1 Å². The zero-order chi connectivity index (χ0) is 19.0. The van der Waals surface area contributed by atoms with Crippen molar-refractivity contribution in [2.45, 2.75) is 51.1 Å². The Kier molecular flexibility index (Phi) is 4.68. The van der Waals surface area contributed by atoms with Crippen LogP contribution in [0, 0.1) is 11.7 Å². The van der Waals surface area contributed by atoms with Gasteiger partial charge in [0.05, 0.1) is 5.69 Å². The normalized spacial score (nSPS) is 21.7. The molecule has 2 aliphatic rings. The Morgan fingerprint density at radius 1 is 1.15 bits per heavy atom. The summed E-state index contributed by atoms with van der Waals surface area (Å²) in [7, 11) is 0. The minimum Gasteiger partial charge on any atom is -0.369 e. The molecule has 0 unspecified atom stereocenters. The molecule has 1 aromatic heterocycles. The Morgan fingerprint density at radius 2 is 1.89 bits per heavy atom. The highest BCUT2D eigenvalue weighted by Crippen LogP contribution is 2.30. The SMILES string of the molecule is NC(=O)C1CC(NC(=O)c2nc(-c3ccc(F)cc3)n3c2CCCCC3)C1. The molecule has 1 aromatic carbocycles. The number of rotatable bonds is 4. The number of amides is 2. The summed E-state index contributed by atoms with van der Waals surface area (Å²) in [6.07, 6.45) is 5.12. The fraction of sp³-hybridized carbons (Fsp3) is 0.450. The van der Waals surface area contributed by atoms with Gasteiger partial charge in [-0.3, -0.25) is 9.59 Å². The molecule has 1 aliphatic carbocycles. The van der Waals surface area contributed by atoms with E-state index in [4.69, 9.17) is 5.73 Å². The van der Waals surface area contributed by atoms with Crippen LogP contribution in [0.3, 0.4) is 0 Å². The molecular formula is C20H23FN4O2. The first-order valence-electron chi connectivity index (χ1n) is 9.48. The van der Waals surface area contributed by atoms with Gasteiger partial charge in [-0.05, 0) is 56.4 Å². The maximum Gasteiger partial charge on any atom is 0.272 e. The van der Waals surface area contributed by atoms with E-state index in [-0.39, 0.29) is 29.6 Å². The van der Waals surface area contributed by atoms with Crippen LogP contribution in [0.4, 0.5) is 4.39 Å². The van der Waals surface area contributed by atoms with Crippen LogP contribution in [0.5, 0.6) is 0 Å². The van der Waals surface area contributed by atoms with Crippen molar-refractivity contribution in [1.29, 1.82) is 0 Å². The number of primary amides is 1. The molecule has 6 nitrogen and oxygen atoms in total. The number of carbonyl (C=O) groups excluding carboxylic acids is 2. The third-order valence-electron chi connectivity index (χ3n) is 5.56. The van der Waals surface area contributed by atoms with Gasteiger partial charge in [0, 0.05) is 24.1 Å². The van der Waals surface area contributed by atoms with Crippen molar-refractivity contribution in [1.82, 2.24) is 14.9 Å². The summed E-state index contributed by atoms with van der Waals surface area (Å²) in [6, 6.07) is 6.17. The predicted octanol–water partition coefficient (Wildman–Crippen LogP) is 2.41. The second-order valence-corrected chi connectivity index (χ2v) is 7.44. The number of hydrogen-bond donors (Lipinski definition) is 2. The first-order chi connectivity index (χ1) is 13.0. The van der Waals surface area contributed by atoms with Crippen molar-refractivity contribution in [2.24, 2.45) is 11.7 Å². The van der Waals surface area contributed by atoms with Crippen molar-refractivity contribution in [3.63, 3.8) is 0 Å². The van der Waals surface area contributed by atoms with Crippen LogP contribution in [0.2, 0.25) is 0 Å².